The van der Waals surface area contributed by atoms with Gasteiger partial charge in [0.1, 0.15) is 43.2 Å². The van der Waals surface area contributed by atoms with Crippen molar-refractivity contribution < 1.29 is 63.1 Å². The van der Waals surface area contributed by atoms with E-state index in [1.807, 2.05) is 0 Å². The van der Waals surface area contributed by atoms with Gasteiger partial charge in [-0.15, -0.1) is 0 Å². The van der Waals surface area contributed by atoms with Crippen molar-refractivity contribution in [2.45, 2.75) is 268 Å². The van der Waals surface area contributed by atoms with Crippen LogP contribution in [0.15, 0.2) is 12.2 Å². The monoisotopic (exact) mass is 907 g/mol. The van der Waals surface area contributed by atoms with Crippen molar-refractivity contribution in [3.8, 4) is 0 Å². The quantitative estimate of drug-likeness (QED) is 0.0146. The maximum absolute atomic E-state index is 12.8. The molecule has 13 nitrogen and oxygen atoms in total. The van der Waals surface area contributed by atoms with E-state index in [4.69, 9.17) is 18.5 Å². The summed E-state index contributed by atoms with van der Waals surface area (Å²) in [5, 5.41) is 50.1. The molecule has 366 valence electrons. The first-order valence-corrected chi connectivity index (χ1v) is 26.5. The summed E-state index contributed by atoms with van der Waals surface area (Å²) in [5.41, 5.74) is 0. The first-order valence-electron chi connectivity index (χ1n) is 25.0. The van der Waals surface area contributed by atoms with E-state index in [0.717, 1.165) is 64.2 Å². The highest BCUT2D eigenvalue weighted by atomic mass is 31.2. The first kappa shape index (κ1) is 58.6. The van der Waals surface area contributed by atoms with Crippen molar-refractivity contribution in [1.29, 1.82) is 0 Å². The van der Waals surface area contributed by atoms with Crippen LogP contribution in [0, 0.1) is 0 Å². The van der Waals surface area contributed by atoms with Crippen LogP contribution in [-0.4, -0.2) is 98.3 Å². The second kappa shape index (κ2) is 38.8. The van der Waals surface area contributed by atoms with E-state index < -0.39 is 75.7 Å². The lowest BCUT2D eigenvalue weighted by Crippen LogP contribution is -2.64. The van der Waals surface area contributed by atoms with Crippen molar-refractivity contribution in [1.82, 2.24) is 0 Å². The second-order valence-corrected chi connectivity index (χ2v) is 19.1. The van der Waals surface area contributed by atoms with Crippen LogP contribution in [0.1, 0.15) is 226 Å². The molecular formula is C48H91O13P. The third-order valence-corrected chi connectivity index (χ3v) is 12.8. The number of rotatable bonds is 42. The average molecular weight is 907 g/mol. The van der Waals surface area contributed by atoms with Gasteiger partial charge in [-0.05, 0) is 32.1 Å². The van der Waals surface area contributed by atoms with Gasteiger partial charge in [-0.3, -0.25) is 18.6 Å². The van der Waals surface area contributed by atoms with Gasteiger partial charge in [-0.25, -0.2) is 4.57 Å². The normalized spacial score (nSPS) is 21.9. The Bertz CT molecular complexity index is 1140. The number of carbonyl (C=O) groups excluding carboxylic acids is 2. The Morgan fingerprint density at radius 1 is 0.484 bits per heavy atom. The predicted molar refractivity (Wildman–Crippen MR) is 244 cm³/mol. The largest absolute Gasteiger partial charge is 0.472 e. The minimum absolute atomic E-state index is 0.0895. The molecule has 0 heterocycles. The Balaban J connectivity index is 2.31. The summed E-state index contributed by atoms with van der Waals surface area (Å²) in [6.07, 6.45) is 28.7. The molecule has 14 heteroatoms. The number of esters is 2. The minimum atomic E-state index is -5.11. The van der Waals surface area contributed by atoms with Crippen LogP contribution in [0.3, 0.4) is 0 Å². The molecule has 0 aromatic heterocycles. The standard InChI is InChI=1S/C48H91O13P/c1-3-5-7-9-11-13-15-16-17-18-19-20-21-22-23-24-25-26-27-29-30-32-34-36-41(49)58-38-40(60-42(50)37-35-33-31-28-14-12-10-8-6-4-2)39-59-62(56,57)61-48-46(54)44(52)43(51)45(53)47(48)55/h8,10,40,43-48,51-55H,3-7,9,11-39H2,1-2H3,(H,56,57)/b10-8-. The van der Waals surface area contributed by atoms with E-state index in [1.165, 1.54) is 122 Å². The lowest BCUT2D eigenvalue weighted by molar-refractivity contribution is -0.220. The molecule has 62 heavy (non-hydrogen) atoms. The van der Waals surface area contributed by atoms with Gasteiger partial charge in [0.2, 0.25) is 0 Å². The molecule has 0 saturated heterocycles. The van der Waals surface area contributed by atoms with Gasteiger partial charge < -0.3 is 39.9 Å². The maximum Gasteiger partial charge on any atom is 0.472 e. The van der Waals surface area contributed by atoms with E-state index in [9.17, 15) is 44.6 Å². The van der Waals surface area contributed by atoms with Crippen LogP contribution in [0.5, 0.6) is 0 Å². The third-order valence-electron chi connectivity index (χ3n) is 11.8. The zero-order valence-corrected chi connectivity index (χ0v) is 39.8. The molecule has 1 aliphatic rings. The Morgan fingerprint density at radius 3 is 1.29 bits per heavy atom. The van der Waals surface area contributed by atoms with E-state index in [1.54, 1.807) is 0 Å². The minimum Gasteiger partial charge on any atom is -0.462 e. The number of aliphatic hydroxyl groups is 5. The summed E-state index contributed by atoms with van der Waals surface area (Å²) in [6, 6.07) is 0. The molecule has 1 saturated carbocycles. The Kier molecular flexibility index (Phi) is 36.7. The fourth-order valence-electron chi connectivity index (χ4n) is 7.82. The molecule has 0 aromatic rings. The number of phosphoric ester groups is 1. The summed E-state index contributed by atoms with van der Waals surface area (Å²) in [5.74, 6) is -1.10. The van der Waals surface area contributed by atoms with Crippen molar-refractivity contribution >= 4 is 19.8 Å². The number of aliphatic hydroxyl groups excluding tert-OH is 5. The lowest BCUT2D eigenvalue weighted by atomic mass is 9.85. The SMILES string of the molecule is CCC/C=C\CCCCCCCC(=O)OC(COC(=O)CCCCCCCCCCCCCCCCCCCCCCCCC)COP(=O)(O)OC1C(O)C(O)C(O)C(O)C1O. The van der Waals surface area contributed by atoms with Gasteiger partial charge in [0.05, 0.1) is 6.61 Å². The molecule has 6 atom stereocenters. The highest BCUT2D eigenvalue weighted by Crippen LogP contribution is 2.47. The van der Waals surface area contributed by atoms with Crippen molar-refractivity contribution in [2.75, 3.05) is 13.2 Å². The molecule has 1 aliphatic carbocycles. The average Bonchev–Trinajstić information content (AvgIpc) is 3.25. The predicted octanol–water partition coefficient (Wildman–Crippen LogP) is 10.2. The second-order valence-electron chi connectivity index (χ2n) is 17.7. The summed E-state index contributed by atoms with van der Waals surface area (Å²) in [6.45, 7) is 3.25. The molecular weight excluding hydrogens is 815 g/mol. The Hall–Kier alpha value is -1.41. The van der Waals surface area contributed by atoms with E-state index >= 15 is 0 Å². The van der Waals surface area contributed by atoms with Crippen LogP contribution >= 0.6 is 7.82 Å². The van der Waals surface area contributed by atoms with Gasteiger partial charge in [-0.1, -0.05) is 193 Å². The number of ether oxygens (including phenoxy) is 2. The summed E-state index contributed by atoms with van der Waals surface area (Å²) in [7, 11) is -5.11. The Morgan fingerprint density at radius 2 is 0.855 bits per heavy atom. The van der Waals surface area contributed by atoms with Gasteiger partial charge in [0, 0.05) is 12.8 Å². The molecule has 0 amide bonds. The molecule has 0 aromatic carbocycles. The molecule has 0 bridgehead atoms. The van der Waals surface area contributed by atoms with E-state index in [-0.39, 0.29) is 12.8 Å². The van der Waals surface area contributed by atoms with Gasteiger partial charge in [-0.2, -0.15) is 0 Å². The van der Waals surface area contributed by atoms with Crippen molar-refractivity contribution in [2.24, 2.45) is 0 Å². The molecule has 6 unspecified atom stereocenters. The summed E-state index contributed by atoms with van der Waals surface area (Å²) < 4.78 is 33.5. The first-order chi connectivity index (χ1) is 29.9. The summed E-state index contributed by atoms with van der Waals surface area (Å²) >= 11 is 0. The van der Waals surface area contributed by atoms with E-state index in [2.05, 4.69) is 26.0 Å². The van der Waals surface area contributed by atoms with Crippen molar-refractivity contribution in [3.63, 3.8) is 0 Å². The van der Waals surface area contributed by atoms with Crippen LogP contribution < -0.4 is 0 Å². The molecule has 6 N–H and O–H groups in total. The molecule has 0 radical (unpaired) electrons. The fourth-order valence-corrected chi connectivity index (χ4v) is 8.79. The van der Waals surface area contributed by atoms with Crippen molar-refractivity contribution in [3.05, 3.63) is 12.2 Å². The van der Waals surface area contributed by atoms with Gasteiger partial charge in [0.15, 0.2) is 6.10 Å². The van der Waals surface area contributed by atoms with Crippen LogP contribution in [-0.2, 0) is 32.7 Å². The maximum atomic E-state index is 12.8. The Labute approximate surface area is 375 Å². The molecule has 1 rings (SSSR count). The third kappa shape index (κ3) is 30.7. The number of carbonyl (C=O) groups is 2. The highest BCUT2D eigenvalue weighted by molar-refractivity contribution is 7.47. The number of hydrogen-bond acceptors (Lipinski definition) is 12. The molecule has 0 aliphatic heterocycles. The number of phosphoric acid groups is 1. The zero-order chi connectivity index (χ0) is 45.7. The molecule has 0 spiro atoms. The van der Waals surface area contributed by atoms with Gasteiger partial charge in [0.25, 0.3) is 0 Å². The number of unbranched alkanes of at least 4 members (excludes halogenated alkanes) is 28. The van der Waals surface area contributed by atoms with Crippen LogP contribution in [0.25, 0.3) is 0 Å². The zero-order valence-electron chi connectivity index (χ0n) is 38.9. The van der Waals surface area contributed by atoms with Crippen LogP contribution in [0.2, 0.25) is 0 Å². The number of hydrogen-bond donors (Lipinski definition) is 6. The fraction of sp³-hybridized carbons (Fsp3) is 0.917. The van der Waals surface area contributed by atoms with E-state index in [0.29, 0.717) is 12.8 Å². The van der Waals surface area contributed by atoms with Gasteiger partial charge >= 0.3 is 19.8 Å². The lowest BCUT2D eigenvalue weighted by Gasteiger charge is -2.41. The smallest absolute Gasteiger partial charge is 0.462 e. The molecule has 1 fully saturated rings. The highest BCUT2D eigenvalue weighted by Gasteiger charge is 2.51. The topological polar surface area (TPSA) is 210 Å². The number of allylic oxidation sites excluding steroid dienone is 2. The summed E-state index contributed by atoms with van der Waals surface area (Å²) in [4.78, 5) is 35.7. The van der Waals surface area contributed by atoms with Crippen LogP contribution in [0.4, 0.5) is 0 Å².